The number of benzene rings is 2. The van der Waals surface area contributed by atoms with Gasteiger partial charge in [-0.1, -0.05) is 127 Å². The standard InChI is InChI=1S/C52H76F2O/c1-3-5-7-9-39-11-15-41(16-12-39)43-19-23-45(24-20-43)51(47-27-31-49(53)32-28-47)35-37-55-38-36-52(48-29-33-50(54)34-30-48)46-25-21-44(22-26-46)42-17-13-40(14-18-42)10-8-6-4-2/h27-36,39-46H,3-26,37-38H2,1-2H3/t39-,40-,41-,42-,43-,44-,45-,46-. The summed E-state index contributed by atoms with van der Waals surface area (Å²) in [5.74, 6) is 6.20. The summed E-state index contributed by atoms with van der Waals surface area (Å²) in [4.78, 5) is 0. The quantitative estimate of drug-likeness (QED) is 0.138. The van der Waals surface area contributed by atoms with Crippen molar-refractivity contribution in [2.24, 2.45) is 47.3 Å². The molecule has 1 nitrogen and oxygen atoms in total. The van der Waals surface area contributed by atoms with E-state index >= 15 is 0 Å². The third kappa shape index (κ3) is 12.9. The maximum absolute atomic E-state index is 14.0. The number of rotatable bonds is 18. The Balaban J connectivity index is 1.02. The average Bonchev–Trinajstić information content (AvgIpc) is 3.23. The summed E-state index contributed by atoms with van der Waals surface area (Å²) in [7, 11) is 0. The molecule has 0 radical (unpaired) electrons. The molecule has 0 bridgehead atoms. The zero-order chi connectivity index (χ0) is 38.2. The molecule has 2 aromatic rings. The third-order valence-corrected chi connectivity index (χ3v) is 15.2. The molecule has 0 amide bonds. The molecule has 4 saturated carbocycles. The van der Waals surface area contributed by atoms with Crippen LogP contribution in [0.1, 0.15) is 179 Å². The summed E-state index contributed by atoms with van der Waals surface area (Å²) in [5, 5.41) is 0. The van der Waals surface area contributed by atoms with Gasteiger partial charge in [-0.2, -0.15) is 0 Å². The van der Waals surface area contributed by atoms with Gasteiger partial charge in [-0.05, 0) is 171 Å². The van der Waals surface area contributed by atoms with Crippen molar-refractivity contribution in [1.29, 1.82) is 0 Å². The van der Waals surface area contributed by atoms with E-state index in [4.69, 9.17) is 4.74 Å². The number of hydrogen-bond acceptors (Lipinski definition) is 1. The van der Waals surface area contributed by atoms with Crippen molar-refractivity contribution in [2.45, 2.75) is 168 Å². The molecule has 0 aliphatic heterocycles. The Kier molecular flexibility index (Phi) is 17.4. The van der Waals surface area contributed by atoms with Crippen LogP contribution < -0.4 is 0 Å². The molecule has 0 heterocycles. The van der Waals surface area contributed by atoms with Crippen molar-refractivity contribution in [1.82, 2.24) is 0 Å². The fraction of sp³-hybridized carbons (Fsp3) is 0.692. The minimum atomic E-state index is -0.175. The van der Waals surface area contributed by atoms with Crippen molar-refractivity contribution in [3.63, 3.8) is 0 Å². The molecule has 0 aromatic heterocycles. The summed E-state index contributed by atoms with van der Waals surface area (Å²) in [6.07, 6.45) is 37.5. The maximum Gasteiger partial charge on any atom is 0.123 e. The Morgan fingerprint density at radius 2 is 0.800 bits per heavy atom. The molecule has 0 saturated heterocycles. The fourth-order valence-electron chi connectivity index (χ4n) is 11.8. The maximum atomic E-state index is 14.0. The highest BCUT2D eigenvalue weighted by Crippen LogP contribution is 2.47. The van der Waals surface area contributed by atoms with Crippen molar-refractivity contribution >= 4 is 11.1 Å². The largest absolute Gasteiger partial charge is 0.373 e. The zero-order valence-electron chi connectivity index (χ0n) is 34.9. The lowest BCUT2D eigenvalue weighted by molar-refractivity contribution is 0.152. The lowest BCUT2D eigenvalue weighted by atomic mass is 9.67. The van der Waals surface area contributed by atoms with Crippen molar-refractivity contribution < 1.29 is 13.5 Å². The zero-order valence-corrected chi connectivity index (χ0v) is 34.9. The molecule has 4 aliphatic rings. The van der Waals surface area contributed by atoms with Crippen LogP contribution >= 0.6 is 0 Å². The van der Waals surface area contributed by atoms with E-state index in [-0.39, 0.29) is 11.6 Å². The summed E-state index contributed by atoms with van der Waals surface area (Å²) < 4.78 is 34.4. The molecule has 4 aliphatic carbocycles. The third-order valence-electron chi connectivity index (χ3n) is 15.2. The van der Waals surface area contributed by atoms with Crippen LogP contribution in [0.25, 0.3) is 11.1 Å². The molecule has 55 heavy (non-hydrogen) atoms. The molecule has 0 spiro atoms. The summed E-state index contributed by atoms with van der Waals surface area (Å²) >= 11 is 0. The highest BCUT2D eigenvalue weighted by atomic mass is 19.1. The van der Waals surface area contributed by atoms with Gasteiger partial charge in [0.15, 0.2) is 0 Å². The van der Waals surface area contributed by atoms with Crippen LogP contribution in [0.5, 0.6) is 0 Å². The van der Waals surface area contributed by atoms with E-state index in [1.54, 1.807) is 24.3 Å². The minimum absolute atomic E-state index is 0.175. The predicted molar refractivity (Wildman–Crippen MR) is 230 cm³/mol. The van der Waals surface area contributed by atoms with Crippen molar-refractivity contribution in [3.8, 4) is 0 Å². The van der Waals surface area contributed by atoms with Crippen LogP contribution in [0, 0.1) is 59.0 Å². The summed E-state index contributed by atoms with van der Waals surface area (Å²) in [5.41, 5.74) is 4.97. The smallest absolute Gasteiger partial charge is 0.123 e. The molecule has 304 valence electrons. The molecule has 3 heteroatoms. The van der Waals surface area contributed by atoms with Gasteiger partial charge in [0.25, 0.3) is 0 Å². The van der Waals surface area contributed by atoms with Crippen LogP contribution in [0.4, 0.5) is 8.78 Å². The van der Waals surface area contributed by atoms with Gasteiger partial charge in [0.05, 0.1) is 13.2 Å². The minimum Gasteiger partial charge on any atom is -0.373 e. The van der Waals surface area contributed by atoms with Gasteiger partial charge in [0.2, 0.25) is 0 Å². The highest BCUT2D eigenvalue weighted by Gasteiger charge is 2.33. The number of ether oxygens (including phenoxy) is 1. The Morgan fingerprint density at radius 3 is 1.13 bits per heavy atom. The van der Waals surface area contributed by atoms with Gasteiger partial charge < -0.3 is 4.74 Å². The first-order chi connectivity index (χ1) is 27.0. The first-order valence-electron chi connectivity index (χ1n) is 23.5. The van der Waals surface area contributed by atoms with Gasteiger partial charge in [0, 0.05) is 0 Å². The Morgan fingerprint density at radius 1 is 0.473 bits per heavy atom. The van der Waals surface area contributed by atoms with E-state index in [0.29, 0.717) is 25.0 Å². The SMILES string of the molecule is CCCCC[C@H]1CC[C@H]([C@H]2CC[C@H](C(=CCOCC=C(c3ccc(F)cc3)[C@H]3CC[C@H]([C@H]4CC[C@H](CCCCC)CC4)CC3)c3ccc(F)cc3)CC2)CC1. The Bertz CT molecular complexity index is 1300. The fourth-order valence-corrected chi connectivity index (χ4v) is 11.8. The van der Waals surface area contributed by atoms with Gasteiger partial charge in [-0.15, -0.1) is 0 Å². The molecule has 6 rings (SSSR count). The van der Waals surface area contributed by atoms with Gasteiger partial charge >= 0.3 is 0 Å². The van der Waals surface area contributed by atoms with Crippen LogP contribution in [-0.2, 0) is 4.74 Å². The topological polar surface area (TPSA) is 9.23 Å². The molecular weight excluding hydrogens is 679 g/mol. The lowest BCUT2D eigenvalue weighted by Gasteiger charge is -2.38. The van der Waals surface area contributed by atoms with Crippen LogP contribution in [0.15, 0.2) is 60.7 Å². The summed E-state index contributed by atoms with van der Waals surface area (Å²) in [6, 6.07) is 14.3. The average molecular weight is 755 g/mol. The predicted octanol–water partition coefficient (Wildman–Crippen LogP) is 15.8. The van der Waals surface area contributed by atoms with E-state index in [0.717, 1.165) is 46.6 Å². The molecule has 2 aromatic carbocycles. The van der Waals surface area contributed by atoms with E-state index in [2.05, 4.69) is 26.0 Å². The normalized spacial score (nSPS) is 29.7. The molecule has 0 N–H and O–H groups in total. The first-order valence-corrected chi connectivity index (χ1v) is 23.5. The highest BCUT2D eigenvalue weighted by molar-refractivity contribution is 5.68. The number of hydrogen-bond donors (Lipinski definition) is 0. The van der Waals surface area contributed by atoms with E-state index in [1.807, 2.05) is 24.3 Å². The lowest BCUT2D eigenvalue weighted by Crippen LogP contribution is -2.26. The Hall–Kier alpha value is -2.26. The number of unbranched alkanes of at least 4 members (excludes halogenated alkanes) is 4. The first kappa shape index (κ1) is 42.3. The number of halogens is 2. The van der Waals surface area contributed by atoms with Crippen molar-refractivity contribution in [2.75, 3.05) is 13.2 Å². The van der Waals surface area contributed by atoms with Crippen molar-refractivity contribution in [3.05, 3.63) is 83.4 Å². The molecule has 4 fully saturated rings. The van der Waals surface area contributed by atoms with E-state index in [9.17, 15) is 8.78 Å². The second-order valence-corrected chi connectivity index (χ2v) is 18.6. The second-order valence-electron chi connectivity index (χ2n) is 18.6. The van der Waals surface area contributed by atoms with E-state index in [1.165, 1.54) is 165 Å². The van der Waals surface area contributed by atoms with E-state index < -0.39 is 0 Å². The van der Waals surface area contributed by atoms with Gasteiger partial charge in [-0.25, -0.2) is 8.78 Å². The van der Waals surface area contributed by atoms with Gasteiger partial charge in [0.1, 0.15) is 11.6 Å². The molecule has 0 atom stereocenters. The Labute approximate surface area is 335 Å². The molecule has 0 unspecified atom stereocenters. The monoisotopic (exact) mass is 755 g/mol. The summed E-state index contributed by atoms with van der Waals surface area (Å²) in [6.45, 7) is 5.73. The van der Waals surface area contributed by atoms with Crippen LogP contribution in [-0.4, -0.2) is 13.2 Å². The van der Waals surface area contributed by atoms with Crippen LogP contribution in [0.2, 0.25) is 0 Å². The van der Waals surface area contributed by atoms with Crippen LogP contribution in [0.3, 0.4) is 0 Å². The second kappa shape index (κ2) is 22.6. The molecular formula is C52H76F2O. The number of allylic oxidation sites excluding steroid dienone is 2. The van der Waals surface area contributed by atoms with Gasteiger partial charge in [-0.3, -0.25) is 0 Å².